The average molecular weight is 301 g/mol. The van der Waals surface area contributed by atoms with Gasteiger partial charge in [-0.1, -0.05) is 22.4 Å². The van der Waals surface area contributed by atoms with E-state index in [0.717, 1.165) is 18.2 Å². The molecule has 1 aliphatic carbocycles. The zero-order chi connectivity index (χ0) is 12.6. The Bertz CT molecular complexity index is 535. The van der Waals surface area contributed by atoms with Gasteiger partial charge in [0.2, 0.25) is 0 Å². The molecule has 5 heteroatoms. The average Bonchev–Trinajstić information content (AvgIpc) is 2.27. The Hall–Kier alpha value is -0.840. The van der Waals surface area contributed by atoms with E-state index >= 15 is 0 Å². The van der Waals surface area contributed by atoms with Crippen LogP contribution in [0, 0.1) is 19.3 Å². The molecule has 0 amide bonds. The molecule has 0 spiro atoms. The fraction of sp³-hybridized carbons (Fsp3) is 0.667. The first kappa shape index (κ1) is 12.6. The van der Waals surface area contributed by atoms with Crippen molar-refractivity contribution in [2.24, 2.45) is 5.41 Å². The van der Waals surface area contributed by atoms with E-state index in [1.54, 1.807) is 13.8 Å². The number of nitrogens with one attached hydrogen (secondary N) is 1. The maximum Gasteiger partial charge on any atom is 0.268 e. The van der Waals surface area contributed by atoms with E-state index in [9.17, 15) is 9.59 Å². The Morgan fingerprint density at radius 2 is 1.94 bits per heavy atom. The number of aromatic amines is 1. The Labute approximate surface area is 108 Å². The zero-order valence-electron chi connectivity index (χ0n) is 10.2. The van der Waals surface area contributed by atoms with Gasteiger partial charge in [-0.25, -0.2) is 4.68 Å². The van der Waals surface area contributed by atoms with Crippen LogP contribution in [0.4, 0.5) is 0 Å². The normalized spacial score (nSPS) is 17.8. The molecular weight excluding hydrogens is 284 g/mol. The van der Waals surface area contributed by atoms with Crippen molar-refractivity contribution in [3.63, 3.8) is 0 Å². The van der Waals surface area contributed by atoms with E-state index in [4.69, 9.17) is 0 Å². The van der Waals surface area contributed by atoms with E-state index in [-0.39, 0.29) is 16.5 Å². The Morgan fingerprint density at radius 1 is 1.29 bits per heavy atom. The maximum absolute atomic E-state index is 12.1. The van der Waals surface area contributed by atoms with Gasteiger partial charge in [-0.15, -0.1) is 0 Å². The van der Waals surface area contributed by atoms with E-state index in [2.05, 4.69) is 21.0 Å². The lowest BCUT2D eigenvalue weighted by Gasteiger charge is -2.40. The van der Waals surface area contributed by atoms with Crippen LogP contribution in [0.1, 0.15) is 30.4 Å². The summed E-state index contributed by atoms with van der Waals surface area (Å²) < 4.78 is 1.48. The van der Waals surface area contributed by atoms with Crippen molar-refractivity contribution in [1.82, 2.24) is 9.78 Å². The highest BCUT2D eigenvalue weighted by molar-refractivity contribution is 9.09. The van der Waals surface area contributed by atoms with Crippen LogP contribution in [0.3, 0.4) is 0 Å². The molecule has 1 fully saturated rings. The highest BCUT2D eigenvalue weighted by Gasteiger charge is 2.36. The summed E-state index contributed by atoms with van der Waals surface area (Å²) in [7, 11) is 0. The van der Waals surface area contributed by atoms with Gasteiger partial charge in [-0.3, -0.25) is 14.7 Å². The number of hydrogen-bond donors (Lipinski definition) is 1. The van der Waals surface area contributed by atoms with Gasteiger partial charge in [-0.05, 0) is 32.1 Å². The van der Waals surface area contributed by atoms with Crippen LogP contribution in [-0.4, -0.2) is 15.1 Å². The first-order valence-corrected chi connectivity index (χ1v) is 6.97. The number of hydrogen-bond acceptors (Lipinski definition) is 2. The van der Waals surface area contributed by atoms with Crippen LogP contribution in [0.25, 0.3) is 0 Å². The molecule has 1 N–H and O–H groups in total. The fourth-order valence-corrected chi connectivity index (χ4v) is 2.99. The van der Waals surface area contributed by atoms with Gasteiger partial charge in [0.25, 0.3) is 11.1 Å². The van der Waals surface area contributed by atoms with Crippen LogP contribution in [0.2, 0.25) is 0 Å². The predicted molar refractivity (Wildman–Crippen MR) is 70.9 cm³/mol. The number of aromatic nitrogens is 2. The smallest absolute Gasteiger partial charge is 0.268 e. The van der Waals surface area contributed by atoms with Gasteiger partial charge in [-0.2, -0.15) is 0 Å². The summed E-state index contributed by atoms with van der Waals surface area (Å²) in [5, 5.41) is 3.55. The molecule has 1 aromatic heterocycles. The van der Waals surface area contributed by atoms with E-state index in [1.165, 1.54) is 11.1 Å². The summed E-state index contributed by atoms with van der Waals surface area (Å²) in [5.41, 5.74) is 0.986. The lowest BCUT2D eigenvalue weighted by molar-refractivity contribution is 0.130. The third-order valence-corrected chi connectivity index (χ3v) is 5.09. The van der Waals surface area contributed by atoms with Crippen molar-refractivity contribution in [3.8, 4) is 0 Å². The molecular formula is C12H17BrN2O2. The third kappa shape index (κ3) is 2.12. The second-order valence-electron chi connectivity index (χ2n) is 5.07. The Kier molecular flexibility index (Phi) is 3.30. The molecule has 0 bridgehead atoms. The zero-order valence-corrected chi connectivity index (χ0v) is 11.8. The molecule has 0 saturated heterocycles. The summed E-state index contributed by atoms with van der Waals surface area (Å²) in [4.78, 5) is 23.7. The SMILES string of the molecule is Cc1c(C)c(=O)n(CC2(CBr)CCC2)[nH]c1=O. The lowest BCUT2D eigenvalue weighted by Crippen LogP contribution is -2.42. The van der Waals surface area contributed by atoms with Crippen LogP contribution in [0.15, 0.2) is 9.59 Å². The minimum Gasteiger partial charge on any atom is -0.268 e. The lowest BCUT2D eigenvalue weighted by atomic mass is 9.70. The molecule has 0 unspecified atom stereocenters. The highest BCUT2D eigenvalue weighted by Crippen LogP contribution is 2.43. The second kappa shape index (κ2) is 4.44. The molecule has 1 aromatic rings. The molecule has 94 valence electrons. The minimum absolute atomic E-state index is 0.0747. The van der Waals surface area contributed by atoms with Crippen molar-refractivity contribution >= 4 is 15.9 Å². The third-order valence-electron chi connectivity index (χ3n) is 3.90. The van der Waals surface area contributed by atoms with E-state index in [0.29, 0.717) is 17.7 Å². The monoisotopic (exact) mass is 300 g/mol. The van der Waals surface area contributed by atoms with Gasteiger partial charge < -0.3 is 0 Å². The largest absolute Gasteiger partial charge is 0.268 e. The number of H-pyrrole nitrogens is 1. The van der Waals surface area contributed by atoms with Gasteiger partial charge in [0.05, 0.1) is 0 Å². The van der Waals surface area contributed by atoms with Crippen LogP contribution >= 0.6 is 15.9 Å². The number of rotatable bonds is 3. The fourth-order valence-electron chi connectivity index (χ4n) is 2.25. The van der Waals surface area contributed by atoms with E-state index in [1.807, 2.05) is 0 Å². The minimum atomic E-state index is -0.161. The van der Waals surface area contributed by atoms with Gasteiger partial charge in [0.15, 0.2) is 0 Å². The Balaban J connectivity index is 2.40. The summed E-state index contributed by atoms with van der Waals surface area (Å²) in [6.07, 6.45) is 3.43. The van der Waals surface area contributed by atoms with Crippen LogP contribution < -0.4 is 11.1 Å². The first-order chi connectivity index (χ1) is 7.99. The molecule has 0 aromatic carbocycles. The quantitative estimate of drug-likeness (QED) is 0.864. The molecule has 2 rings (SSSR count). The molecule has 1 saturated carbocycles. The van der Waals surface area contributed by atoms with Crippen molar-refractivity contribution in [2.75, 3.05) is 5.33 Å². The van der Waals surface area contributed by atoms with Gasteiger partial charge >= 0.3 is 0 Å². The molecule has 0 aliphatic heterocycles. The first-order valence-electron chi connectivity index (χ1n) is 5.85. The standard InChI is InChI=1S/C12H17BrN2O2/c1-8-9(2)11(17)15(14-10(8)16)7-12(6-13)4-3-5-12/h3-7H2,1-2H3,(H,14,16). The maximum atomic E-state index is 12.1. The van der Waals surface area contributed by atoms with Crippen LogP contribution in [0.5, 0.6) is 0 Å². The summed E-state index contributed by atoms with van der Waals surface area (Å²) in [6.45, 7) is 4.00. The summed E-state index contributed by atoms with van der Waals surface area (Å²) >= 11 is 3.51. The van der Waals surface area contributed by atoms with Gasteiger partial charge in [0, 0.05) is 23.0 Å². The van der Waals surface area contributed by atoms with E-state index < -0.39 is 0 Å². The molecule has 1 heterocycles. The highest BCUT2D eigenvalue weighted by atomic mass is 79.9. The summed E-state index contributed by atoms with van der Waals surface area (Å²) in [6, 6.07) is 0. The molecule has 0 radical (unpaired) electrons. The van der Waals surface area contributed by atoms with Crippen LogP contribution in [-0.2, 0) is 6.54 Å². The molecule has 17 heavy (non-hydrogen) atoms. The number of alkyl halides is 1. The predicted octanol–water partition coefficient (Wildman–Crippen LogP) is 1.72. The van der Waals surface area contributed by atoms with Gasteiger partial charge in [0.1, 0.15) is 0 Å². The Morgan fingerprint density at radius 3 is 2.41 bits per heavy atom. The van der Waals surface area contributed by atoms with Crippen molar-refractivity contribution in [2.45, 2.75) is 39.7 Å². The second-order valence-corrected chi connectivity index (χ2v) is 5.63. The number of nitrogens with zero attached hydrogens (tertiary/aromatic N) is 1. The molecule has 1 aliphatic rings. The molecule has 0 atom stereocenters. The van der Waals surface area contributed by atoms with Crippen molar-refractivity contribution < 1.29 is 0 Å². The van der Waals surface area contributed by atoms with Crippen molar-refractivity contribution in [1.29, 1.82) is 0 Å². The topological polar surface area (TPSA) is 54.9 Å². The van der Waals surface area contributed by atoms with Crippen molar-refractivity contribution in [3.05, 3.63) is 31.8 Å². The summed E-state index contributed by atoms with van der Waals surface area (Å²) in [5.74, 6) is 0. The molecule has 4 nitrogen and oxygen atoms in total. The number of halogens is 1.